The van der Waals surface area contributed by atoms with E-state index in [4.69, 9.17) is 37.8 Å². The fourth-order valence-corrected chi connectivity index (χ4v) is 3.90. The number of amides is 1. The molecular formula is C25H27Cl2NO6. The van der Waals surface area contributed by atoms with Crippen molar-refractivity contribution in [3.05, 3.63) is 69.2 Å². The van der Waals surface area contributed by atoms with Crippen molar-refractivity contribution in [3.8, 4) is 5.75 Å². The minimum Gasteiger partial charge on any atom is -0.507 e. The predicted molar refractivity (Wildman–Crippen MR) is 130 cm³/mol. The first-order valence-corrected chi connectivity index (χ1v) is 11.6. The summed E-state index contributed by atoms with van der Waals surface area (Å²) in [6.45, 7) is 4.75. The Balaban J connectivity index is 2.01. The zero-order valence-electron chi connectivity index (χ0n) is 19.0. The van der Waals surface area contributed by atoms with Crippen LogP contribution in [0.4, 0.5) is 0 Å². The molecule has 2 aromatic rings. The number of ether oxygens (including phenoxy) is 2. The summed E-state index contributed by atoms with van der Waals surface area (Å²) in [6.07, 6.45) is 0. The largest absolute Gasteiger partial charge is 0.507 e. The molecule has 1 amide bonds. The summed E-state index contributed by atoms with van der Waals surface area (Å²) in [7, 11) is 0. The van der Waals surface area contributed by atoms with E-state index in [1.54, 1.807) is 42.5 Å². The van der Waals surface area contributed by atoms with E-state index >= 15 is 0 Å². The van der Waals surface area contributed by atoms with Crippen molar-refractivity contribution < 1.29 is 29.3 Å². The average Bonchev–Trinajstić information content (AvgIpc) is 3.07. The molecule has 3 rings (SSSR count). The molecule has 0 aromatic heterocycles. The van der Waals surface area contributed by atoms with Gasteiger partial charge in [-0.1, -0.05) is 43.1 Å². The van der Waals surface area contributed by atoms with Crippen LogP contribution in [0.5, 0.6) is 5.75 Å². The van der Waals surface area contributed by atoms with Gasteiger partial charge in [0.2, 0.25) is 0 Å². The van der Waals surface area contributed by atoms with Gasteiger partial charge in [0.25, 0.3) is 11.7 Å². The number of ketones is 1. The van der Waals surface area contributed by atoms with Crippen LogP contribution >= 0.6 is 23.2 Å². The third-order valence-corrected chi connectivity index (χ3v) is 5.96. The minimum atomic E-state index is -0.885. The number of aliphatic hydroxyl groups excluding tert-OH is 2. The lowest BCUT2D eigenvalue weighted by Crippen LogP contribution is -2.33. The molecule has 0 spiro atoms. The maximum absolute atomic E-state index is 13.0. The highest BCUT2D eigenvalue weighted by Gasteiger charge is 2.46. The van der Waals surface area contributed by atoms with Crippen molar-refractivity contribution in [1.82, 2.24) is 4.90 Å². The van der Waals surface area contributed by atoms with Gasteiger partial charge in [0, 0.05) is 12.1 Å². The highest BCUT2D eigenvalue weighted by Crippen LogP contribution is 2.40. The van der Waals surface area contributed by atoms with Gasteiger partial charge in [-0.3, -0.25) is 9.59 Å². The van der Waals surface area contributed by atoms with Gasteiger partial charge in [-0.15, -0.1) is 0 Å². The molecule has 182 valence electrons. The lowest BCUT2D eigenvalue weighted by molar-refractivity contribution is -0.140. The van der Waals surface area contributed by atoms with E-state index < -0.39 is 17.7 Å². The SMILES string of the molecule is CC(C)COc1ccc(/C(O)=C2\C(=O)C(=O)N(CCOCCO)C2c2ccc(Cl)c(Cl)c2)cc1. The molecule has 0 aliphatic carbocycles. The number of Topliss-reactive ketones (excluding diaryl/α,β-unsaturated/α-hetero) is 1. The van der Waals surface area contributed by atoms with E-state index in [-0.39, 0.29) is 42.7 Å². The Bertz CT molecular complexity index is 1070. The summed E-state index contributed by atoms with van der Waals surface area (Å²) in [5, 5.41) is 20.6. The van der Waals surface area contributed by atoms with Crippen LogP contribution in [0.1, 0.15) is 31.0 Å². The molecule has 1 aliphatic heterocycles. The van der Waals surface area contributed by atoms with Gasteiger partial charge in [-0.25, -0.2) is 0 Å². The van der Waals surface area contributed by atoms with Crippen LogP contribution in [0.25, 0.3) is 5.76 Å². The number of carbonyl (C=O) groups is 2. The van der Waals surface area contributed by atoms with E-state index in [9.17, 15) is 14.7 Å². The summed E-state index contributed by atoms with van der Waals surface area (Å²) in [5.74, 6) is -0.883. The van der Waals surface area contributed by atoms with Crippen LogP contribution in [0.3, 0.4) is 0 Å². The number of nitrogens with zero attached hydrogens (tertiary/aromatic N) is 1. The van der Waals surface area contributed by atoms with E-state index in [2.05, 4.69) is 0 Å². The molecular weight excluding hydrogens is 481 g/mol. The zero-order chi connectivity index (χ0) is 24.8. The standard InChI is InChI=1S/C25H27Cl2NO6/c1-15(2)14-34-18-6-3-16(4-7-18)23(30)21-22(17-5-8-19(26)20(27)13-17)28(25(32)24(21)31)9-11-33-12-10-29/h3-8,13,15,22,29-30H,9-12,14H2,1-2H3/b23-21+. The molecule has 2 N–H and O–H groups in total. The van der Waals surface area contributed by atoms with Gasteiger partial charge in [0.1, 0.15) is 11.5 Å². The quantitative estimate of drug-likeness (QED) is 0.213. The Morgan fingerprint density at radius 1 is 1.06 bits per heavy atom. The maximum atomic E-state index is 13.0. The number of rotatable bonds is 10. The summed E-state index contributed by atoms with van der Waals surface area (Å²) in [4.78, 5) is 27.3. The van der Waals surface area contributed by atoms with Crippen LogP contribution < -0.4 is 4.74 Å². The monoisotopic (exact) mass is 507 g/mol. The van der Waals surface area contributed by atoms with Crippen LogP contribution in [-0.2, 0) is 14.3 Å². The topological polar surface area (TPSA) is 96.3 Å². The molecule has 0 bridgehead atoms. The number of hydrogen-bond acceptors (Lipinski definition) is 6. The summed E-state index contributed by atoms with van der Waals surface area (Å²) in [5.41, 5.74) is 0.840. The van der Waals surface area contributed by atoms with Gasteiger partial charge in [-0.2, -0.15) is 0 Å². The molecule has 34 heavy (non-hydrogen) atoms. The van der Waals surface area contributed by atoms with E-state index in [1.165, 1.54) is 4.90 Å². The second-order valence-corrected chi connectivity index (χ2v) is 9.05. The van der Waals surface area contributed by atoms with E-state index in [1.807, 2.05) is 13.8 Å². The van der Waals surface area contributed by atoms with Crippen LogP contribution in [0, 0.1) is 5.92 Å². The van der Waals surface area contributed by atoms with Gasteiger partial charge >= 0.3 is 0 Å². The fourth-order valence-electron chi connectivity index (χ4n) is 3.60. The first kappa shape index (κ1) is 26.0. The van der Waals surface area contributed by atoms with Gasteiger partial charge in [0.05, 0.1) is 48.1 Å². The zero-order valence-corrected chi connectivity index (χ0v) is 20.5. The third-order valence-electron chi connectivity index (χ3n) is 5.22. The second-order valence-electron chi connectivity index (χ2n) is 8.23. The molecule has 1 saturated heterocycles. The normalized spacial score (nSPS) is 17.6. The fraction of sp³-hybridized carbons (Fsp3) is 0.360. The van der Waals surface area contributed by atoms with Crippen LogP contribution in [0.15, 0.2) is 48.0 Å². The number of aliphatic hydroxyl groups is 2. The van der Waals surface area contributed by atoms with Crippen LogP contribution in [-0.4, -0.2) is 59.8 Å². The Labute approximate surface area is 208 Å². The van der Waals surface area contributed by atoms with Gasteiger partial charge in [0.15, 0.2) is 0 Å². The molecule has 1 unspecified atom stereocenters. The predicted octanol–water partition coefficient (Wildman–Crippen LogP) is 4.46. The highest BCUT2D eigenvalue weighted by molar-refractivity contribution is 6.46. The van der Waals surface area contributed by atoms with Crippen molar-refractivity contribution in [2.75, 3.05) is 33.0 Å². The Morgan fingerprint density at radius 3 is 2.38 bits per heavy atom. The highest BCUT2D eigenvalue weighted by atomic mass is 35.5. The Hall–Kier alpha value is -2.58. The smallest absolute Gasteiger partial charge is 0.295 e. The van der Waals surface area contributed by atoms with Crippen molar-refractivity contribution in [1.29, 1.82) is 0 Å². The van der Waals surface area contributed by atoms with Crippen LogP contribution in [0.2, 0.25) is 10.0 Å². The lowest BCUT2D eigenvalue weighted by atomic mass is 9.95. The number of benzene rings is 2. The molecule has 0 radical (unpaired) electrons. The number of carbonyl (C=O) groups excluding carboxylic acids is 2. The van der Waals surface area contributed by atoms with Gasteiger partial charge < -0.3 is 24.6 Å². The minimum absolute atomic E-state index is 0.0543. The molecule has 2 aromatic carbocycles. The number of halogens is 2. The molecule has 1 aliphatic rings. The average molecular weight is 508 g/mol. The molecule has 1 heterocycles. The molecule has 1 fully saturated rings. The molecule has 0 saturated carbocycles. The van der Waals surface area contributed by atoms with Crippen molar-refractivity contribution in [2.45, 2.75) is 19.9 Å². The summed E-state index contributed by atoms with van der Waals surface area (Å²) < 4.78 is 11.0. The second kappa shape index (κ2) is 11.7. The van der Waals surface area contributed by atoms with Crippen molar-refractivity contribution >= 4 is 40.7 Å². The summed E-state index contributed by atoms with van der Waals surface area (Å²) in [6, 6.07) is 10.6. The van der Waals surface area contributed by atoms with E-state index in [0.29, 0.717) is 34.4 Å². The molecule has 7 nitrogen and oxygen atoms in total. The van der Waals surface area contributed by atoms with Crippen molar-refractivity contribution in [3.63, 3.8) is 0 Å². The lowest BCUT2D eigenvalue weighted by Gasteiger charge is -2.25. The van der Waals surface area contributed by atoms with Crippen molar-refractivity contribution in [2.24, 2.45) is 5.92 Å². The van der Waals surface area contributed by atoms with Gasteiger partial charge in [-0.05, 0) is 47.9 Å². The molecule has 9 heteroatoms. The summed E-state index contributed by atoms with van der Waals surface area (Å²) >= 11 is 12.3. The Morgan fingerprint density at radius 2 is 1.76 bits per heavy atom. The first-order chi connectivity index (χ1) is 16.2. The third kappa shape index (κ3) is 5.91. The van der Waals surface area contributed by atoms with E-state index in [0.717, 1.165) is 0 Å². The molecule has 1 atom stereocenters. The Kier molecular flexibility index (Phi) is 8.97. The maximum Gasteiger partial charge on any atom is 0.295 e. The number of likely N-dealkylation sites (tertiary alicyclic amines) is 1. The first-order valence-electron chi connectivity index (χ1n) is 10.9. The number of hydrogen-bond donors (Lipinski definition) is 2.